The van der Waals surface area contributed by atoms with Crippen LogP contribution in [0.3, 0.4) is 0 Å². The Hall–Kier alpha value is -1.29. The van der Waals surface area contributed by atoms with E-state index in [1.54, 1.807) is 7.11 Å². The molecule has 0 bridgehead atoms. The third-order valence-corrected chi connectivity index (χ3v) is 4.27. The second kappa shape index (κ2) is 5.00. The minimum atomic E-state index is 0.906. The van der Waals surface area contributed by atoms with E-state index in [4.69, 9.17) is 4.74 Å². The van der Waals surface area contributed by atoms with Crippen molar-refractivity contribution in [1.29, 1.82) is 0 Å². The van der Waals surface area contributed by atoms with Gasteiger partial charge in [0.25, 0.3) is 0 Å². The average molecular weight is 321 g/mol. The van der Waals surface area contributed by atoms with Gasteiger partial charge < -0.3 is 9.30 Å². The van der Waals surface area contributed by atoms with Crippen LogP contribution in [-0.2, 0) is 19.4 Å². The molecule has 0 aliphatic carbocycles. The Labute approximate surface area is 121 Å². The molecule has 1 aromatic carbocycles. The van der Waals surface area contributed by atoms with Crippen LogP contribution in [0.1, 0.15) is 24.6 Å². The fourth-order valence-electron chi connectivity index (χ4n) is 2.74. The molecule has 0 spiro atoms. The number of aryl methyl sites for hydroxylation is 3. The molecule has 1 aliphatic rings. The summed E-state index contributed by atoms with van der Waals surface area (Å²) >= 11 is 3.58. The summed E-state index contributed by atoms with van der Waals surface area (Å²) in [4.78, 5) is 4.58. The van der Waals surface area contributed by atoms with Gasteiger partial charge in [0.2, 0.25) is 0 Å². The van der Waals surface area contributed by atoms with Crippen LogP contribution in [-0.4, -0.2) is 16.7 Å². The van der Waals surface area contributed by atoms with Crippen LogP contribution in [0.5, 0.6) is 5.75 Å². The Morgan fingerprint density at radius 3 is 3.00 bits per heavy atom. The summed E-state index contributed by atoms with van der Waals surface area (Å²) in [6.07, 6.45) is 5.16. The SMILES string of the molecule is CCCc1ncn2c1-c1cc(Br)c(OC)cc1CC2. The van der Waals surface area contributed by atoms with Crippen LogP contribution in [0.2, 0.25) is 0 Å². The summed E-state index contributed by atoms with van der Waals surface area (Å²) in [6.45, 7) is 3.20. The van der Waals surface area contributed by atoms with Gasteiger partial charge in [0.05, 0.1) is 29.3 Å². The lowest BCUT2D eigenvalue weighted by Crippen LogP contribution is -2.11. The van der Waals surface area contributed by atoms with Crippen molar-refractivity contribution in [3.63, 3.8) is 0 Å². The highest BCUT2D eigenvalue weighted by Crippen LogP contribution is 2.38. The van der Waals surface area contributed by atoms with E-state index in [1.165, 1.54) is 22.5 Å². The topological polar surface area (TPSA) is 27.1 Å². The van der Waals surface area contributed by atoms with Gasteiger partial charge in [-0.15, -0.1) is 0 Å². The third kappa shape index (κ3) is 2.08. The van der Waals surface area contributed by atoms with Gasteiger partial charge in [-0.25, -0.2) is 4.98 Å². The highest BCUT2D eigenvalue weighted by Gasteiger charge is 2.21. The number of methoxy groups -OCH3 is 1. The second-order valence-electron chi connectivity index (χ2n) is 4.88. The maximum Gasteiger partial charge on any atom is 0.133 e. The van der Waals surface area contributed by atoms with Crippen LogP contribution in [0.15, 0.2) is 22.9 Å². The summed E-state index contributed by atoms with van der Waals surface area (Å²) in [5.74, 6) is 0.906. The number of ether oxygens (including phenoxy) is 1. The maximum absolute atomic E-state index is 5.39. The number of halogens is 1. The fraction of sp³-hybridized carbons (Fsp3) is 0.400. The van der Waals surface area contributed by atoms with Crippen LogP contribution >= 0.6 is 15.9 Å². The van der Waals surface area contributed by atoms with Crippen LogP contribution in [0.4, 0.5) is 0 Å². The number of aromatic nitrogens is 2. The lowest BCUT2D eigenvalue weighted by atomic mass is 9.96. The molecule has 19 heavy (non-hydrogen) atoms. The normalized spacial score (nSPS) is 13.0. The lowest BCUT2D eigenvalue weighted by molar-refractivity contribution is 0.411. The van der Waals surface area contributed by atoms with E-state index in [2.05, 4.69) is 44.5 Å². The van der Waals surface area contributed by atoms with Crippen molar-refractivity contribution in [3.8, 4) is 17.0 Å². The highest BCUT2D eigenvalue weighted by atomic mass is 79.9. The van der Waals surface area contributed by atoms with Crippen molar-refractivity contribution in [2.45, 2.75) is 32.7 Å². The van der Waals surface area contributed by atoms with Crippen molar-refractivity contribution in [2.24, 2.45) is 0 Å². The summed E-state index contributed by atoms with van der Waals surface area (Å²) in [6, 6.07) is 4.31. The number of rotatable bonds is 3. The van der Waals surface area contributed by atoms with Crippen LogP contribution in [0.25, 0.3) is 11.3 Å². The van der Waals surface area contributed by atoms with Gasteiger partial charge in [-0.05, 0) is 46.5 Å². The molecule has 0 saturated heterocycles. The van der Waals surface area contributed by atoms with Gasteiger partial charge in [-0.2, -0.15) is 0 Å². The van der Waals surface area contributed by atoms with Crippen molar-refractivity contribution >= 4 is 15.9 Å². The van der Waals surface area contributed by atoms with E-state index in [9.17, 15) is 0 Å². The number of nitrogens with zero attached hydrogens (tertiary/aromatic N) is 2. The van der Waals surface area contributed by atoms with Crippen molar-refractivity contribution < 1.29 is 4.74 Å². The van der Waals surface area contributed by atoms with Crippen LogP contribution < -0.4 is 4.74 Å². The summed E-state index contributed by atoms with van der Waals surface area (Å²) in [7, 11) is 1.71. The standard InChI is InChI=1S/C15H17BrN2O/c1-3-4-13-15-11-8-12(16)14(19-2)7-10(11)5-6-18(15)9-17-13/h7-9H,3-6H2,1-2H3. The van der Waals surface area contributed by atoms with Gasteiger partial charge in [0.1, 0.15) is 5.75 Å². The van der Waals surface area contributed by atoms with E-state index in [-0.39, 0.29) is 0 Å². The van der Waals surface area contributed by atoms with Gasteiger partial charge in [0.15, 0.2) is 0 Å². The first-order chi connectivity index (χ1) is 9.24. The largest absolute Gasteiger partial charge is 0.496 e. The second-order valence-corrected chi connectivity index (χ2v) is 5.73. The Kier molecular flexibility index (Phi) is 3.35. The molecular formula is C15H17BrN2O. The lowest BCUT2D eigenvalue weighted by Gasteiger charge is -2.21. The fourth-order valence-corrected chi connectivity index (χ4v) is 3.25. The zero-order chi connectivity index (χ0) is 13.4. The molecule has 0 atom stereocenters. The predicted octanol–water partition coefficient (Wildman–Crippen LogP) is 3.83. The molecule has 0 radical (unpaired) electrons. The first-order valence-electron chi connectivity index (χ1n) is 6.65. The Morgan fingerprint density at radius 1 is 1.42 bits per heavy atom. The quantitative estimate of drug-likeness (QED) is 0.859. The van der Waals surface area contributed by atoms with Crippen molar-refractivity contribution in [2.75, 3.05) is 7.11 Å². The Morgan fingerprint density at radius 2 is 2.26 bits per heavy atom. The van der Waals surface area contributed by atoms with E-state index < -0.39 is 0 Å². The average Bonchev–Trinajstić information content (AvgIpc) is 2.82. The number of imidazole rings is 1. The van der Waals surface area contributed by atoms with Gasteiger partial charge >= 0.3 is 0 Å². The number of benzene rings is 1. The van der Waals surface area contributed by atoms with Gasteiger partial charge in [-0.1, -0.05) is 13.3 Å². The first kappa shape index (κ1) is 12.7. The van der Waals surface area contributed by atoms with E-state index in [0.29, 0.717) is 0 Å². The van der Waals surface area contributed by atoms with Crippen LogP contribution in [0, 0.1) is 0 Å². The molecule has 4 heteroatoms. The molecule has 0 unspecified atom stereocenters. The molecule has 0 N–H and O–H groups in total. The first-order valence-corrected chi connectivity index (χ1v) is 7.44. The predicted molar refractivity (Wildman–Crippen MR) is 79.6 cm³/mol. The minimum absolute atomic E-state index is 0.906. The molecule has 3 rings (SSSR count). The molecule has 1 aliphatic heterocycles. The molecule has 3 nitrogen and oxygen atoms in total. The molecular weight excluding hydrogens is 304 g/mol. The van der Waals surface area contributed by atoms with Gasteiger partial charge in [-0.3, -0.25) is 0 Å². The summed E-state index contributed by atoms with van der Waals surface area (Å²) in [5.41, 5.74) is 5.14. The molecule has 2 heterocycles. The zero-order valence-electron chi connectivity index (χ0n) is 11.2. The van der Waals surface area contributed by atoms with Crippen molar-refractivity contribution in [1.82, 2.24) is 9.55 Å². The Balaban J connectivity index is 2.17. The summed E-state index contributed by atoms with van der Waals surface area (Å²) in [5, 5.41) is 0. The molecule has 1 aromatic heterocycles. The summed E-state index contributed by atoms with van der Waals surface area (Å²) < 4.78 is 8.66. The smallest absolute Gasteiger partial charge is 0.133 e. The highest BCUT2D eigenvalue weighted by molar-refractivity contribution is 9.10. The molecule has 0 saturated carbocycles. The maximum atomic E-state index is 5.39. The Bertz CT molecular complexity index is 619. The molecule has 100 valence electrons. The minimum Gasteiger partial charge on any atom is -0.496 e. The van der Waals surface area contributed by atoms with Gasteiger partial charge in [0, 0.05) is 12.1 Å². The number of fused-ring (bicyclic) bond motifs is 3. The zero-order valence-corrected chi connectivity index (χ0v) is 12.8. The number of hydrogen-bond acceptors (Lipinski definition) is 2. The van der Waals surface area contributed by atoms with Crippen molar-refractivity contribution in [3.05, 3.63) is 34.2 Å². The van der Waals surface area contributed by atoms with E-state index in [0.717, 1.165) is 36.0 Å². The van der Waals surface area contributed by atoms with E-state index in [1.807, 2.05) is 6.33 Å². The molecule has 2 aromatic rings. The third-order valence-electron chi connectivity index (χ3n) is 3.66. The number of hydrogen-bond donors (Lipinski definition) is 0. The molecule has 0 fully saturated rings. The monoisotopic (exact) mass is 320 g/mol. The van der Waals surface area contributed by atoms with E-state index >= 15 is 0 Å². The molecule has 0 amide bonds.